The summed E-state index contributed by atoms with van der Waals surface area (Å²) in [4.78, 5) is 0. The Balaban J connectivity index is 2.26. The molecule has 1 aliphatic heterocycles. The predicted octanol–water partition coefficient (Wildman–Crippen LogP) is 1.15. The van der Waals surface area contributed by atoms with Crippen molar-refractivity contribution < 1.29 is 0 Å². The molecule has 1 aromatic rings. The summed E-state index contributed by atoms with van der Waals surface area (Å²) in [5.74, 6) is 0.611. The highest BCUT2D eigenvalue weighted by Gasteiger charge is 2.13. The van der Waals surface area contributed by atoms with Gasteiger partial charge in [0.15, 0.2) is 0 Å². The Bertz CT molecular complexity index is 402. The van der Waals surface area contributed by atoms with Gasteiger partial charge in [-0.25, -0.2) is 0 Å². The van der Waals surface area contributed by atoms with Gasteiger partial charge in [0.2, 0.25) is 0 Å². The number of aromatic nitrogens is 2. The van der Waals surface area contributed by atoms with Gasteiger partial charge in [-0.1, -0.05) is 6.92 Å². The van der Waals surface area contributed by atoms with Gasteiger partial charge < -0.3 is 5.73 Å². The Labute approximate surface area is 88.7 Å². The van der Waals surface area contributed by atoms with Crippen molar-refractivity contribution in [2.45, 2.75) is 32.7 Å². The van der Waals surface area contributed by atoms with Crippen LogP contribution in [0.2, 0.25) is 0 Å². The van der Waals surface area contributed by atoms with Crippen molar-refractivity contribution in [1.29, 1.82) is 0 Å². The third-order valence-corrected chi connectivity index (χ3v) is 2.36. The molecule has 1 aliphatic rings. The molecule has 0 atom stereocenters. The molecule has 2 N–H and O–H groups in total. The predicted molar refractivity (Wildman–Crippen MR) is 59.9 cm³/mol. The average Bonchev–Trinajstić information content (AvgIpc) is 2.68. The molecule has 2 heterocycles. The number of aryl methyl sites for hydroxylation is 1. The van der Waals surface area contributed by atoms with Gasteiger partial charge in [0.25, 0.3) is 0 Å². The van der Waals surface area contributed by atoms with Crippen molar-refractivity contribution in [2.24, 2.45) is 15.9 Å². The molecule has 5 heteroatoms. The van der Waals surface area contributed by atoms with Crippen LogP contribution in [0.1, 0.15) is 31.9 Å². The summed E-state index contributed by atoms with van der Waals surface area (Å²) >= 11 is 0. The van der Waals surface area contributed by atoms with Crippen LogP contribution in [-0.2, 0) is 6.54 Å². The molecule has 0 unspecified atom stereocenters. The number of rotatable bonds is 3. The first-order valence-corrected chi connectivity index (χ1v) is 5.22. The van der Waals surface area contributed by atoms with E-state index in [1.54, 1.807) is 6.20 Å². The molecular formula is C10H15N5. The number of hydrogen-bond acceptors (Lipinski definition) is 4. The number of amidine groups is 1. The van der Waals surface area contributed by atoms with Crippen LogP contribution < -0.4 is 5.73 Å². The summed E-state index contributed by atoms with van der Waals surface area (Å²) in [5, 5.41) is 12.3. The summed E-state index contributed by atoms with van der Waals surface area (Å²) in [6, 6.07) is 1.98. The number of nitrogens with two attached hydrogens (primary N) is 1. The molecule has 0 bridgehead atoms. The van der Waals surface area contributed by atoms with Gasteiger partial charge in [0, 0.05) is 25.6 Å². The van der Waals surface area contributed by atoms with E-state index in [-0.39, 0.29) is 0 Å². The Morgan fingerprint density at radius 2 is 2.27 bits per heavy atom. The molecule has 0 amide bonds. The van der Waals surface area contributed by atoms with Crippen molar-refractivity contribution in [1.82, 2.24) is 9.78 Å². The van der Waals surface area contributed by atoms with Gasteiger partial charge in [-0.05, 0) is 12.5 Å². The highest BCUT2D eigenvalue weighted by molar-refractivity contribution is 6.02. The summed E-state index contributed by atoms with van der Waals surface area (Å²) in [6.07, 6.45) is 4.50. The maximum absolute atomic E-state index is 5.57. The fourth-order valence-electron chi connectivity index (χ4n) is 1.62. The molecular weight excluding hydrogens is 190 g/mol. The van der Waals surface area contributed by atoms with Crippen molar-refractivity contribution in [3.63, 3.8) is 0 Å². The molecule has 1 aromatic heterocycles. The second kappa shape index (κ2) is 4.25. The lowest BCUT2D eigenvalue weighted by molar-refractivity contribution is 0.597. The first-order valence-electron chi connectivity index (χ1n) is 5.22. The minimum Gasteiger partial charge on any atom is -0.386 e. The molecule has 0 spiro atoms. The molecule has 0 radical (unpaired) electrons. The normalized spacial score (nSPS) is 16.1. The molecule has 0 aromatic carbocycles. The Morgan fingerprint density at radius 3 is 2.93 bits per heavy atom. The van der Waals surface area contributed by atoms with Crippen LogP contribution in [0.3, 0.4) is 0 Å². The van der Waals surface area contributed by atoms with Gasteiger partial charge in [0.1, 0.15) is 5.84 Å². The van der Waals surface area contributed by atoms with Crippen LogP contribution in [0.4, 0.5) is 0 Å². The molecule has 0 aliphatic carbocycles. The summed E-state index contributed by atoms with van der Waals surface area (Å²) in [6.45, 7) is 3.05. The van der Waals surface area contributed by atoms with E-state index >= 15 is 0 Å². The molecule has 80 valence electrons. The summed E-state index contributed by atoms with van der Waals surface area (Å²) in [7, 11) is 0. The summed E-state index contributed by atoms with van der Waals surface area (Å²) in [5.41, 5.74) is 7.61. The second-order valence-corrected chi connectivity index (χ2v) is 3.58. The lowest BCUT2D eigenvalue weighted by atomic mass is 10.1. The van der Waals surface area contributed by atoms with Crippen LogP contribution >= 0.6 is 0 Å². The average molecular weight is 205 g/mol. The fraction of sp³-hybridized carbons (Fsp3) is 0.500. The second-order valence-electron chi connectivity index (χ2n) is 3.58. The van der Waals surface area contributed by atoms with Gasteiger partial charge in [-0.3, -0.25) is 4.68 Å². The van der Waals surface area contributed by atoms with Crippen LogP contribution in [0.25, 0.3) is 0 Å². The zero-order valence-electron chi connectivity index (χ0n) is 8.85. The Hall–Kier alpha value is -1.65. The zero-order chi connectivity index (χ0) is 10.7. The van der Waals surface area contributed by atoms with Crippen molar-refractivity contribution in [2.75, 3.05) is 0 Å². The largest absolute Gasteiger partial charge is 0.386 e. The molecule has 0 fully saturated rings. The molecule has 2 rings (SSSR count). The third-order valence-electron chi connectivity index (χ3n) is 2.36. The van der Waals surface area contributed by atoms with Gasteiger partial charge in [0.05, 0.1) is 11.4 Å². The molecule has 0 saturated carbocycles. The Morgan fingerprint density at radius 1 is 1.40 bits per heavy atom. The van der Waals surface area contributed by atoms with E-state index in [0.717, 1.165) is 37.2 Å². The van der Waals surface area contributed by atoms with E-state index in [4.69, 9.17) is 5.73 Å². The minimum absolute atomic E-state index is 0.611. The SMILES string of the molecule is CCCn1nccc1C1=NN=C(N)CC1. The topological polar surface area (TPSA) is 68.6 Å². The van der Waals surface area contributed by atoms with Gasteiger partial charge in [-0.2, -0.15) is 10.2 Å². The third kappa shape index (κ3) is 2.06. The van der Waals surface area contributed by atoms with E-state index in [9.17, 15) is 0 Å². The van der Waals surface area contributed by atoms with E-state index in [1.807, 2.05) is 10.7 Å². The minimum atomic E-state index is 0.611. The van der Waals surface area contributed by atoms with E-state index in [1.165, 1.54) is 0 Å². The maximum atomic E-state index is 5.57. The summed E-state index contributed by atoms with van der Waals surface area (Å²) < 4.78 is 1.97. The van der Waals surface area contributed by atoms with Crippen LogP contribution in [0, 0.1) is 0 Å². The fourth-order valence-corrected chi connectivity index (χ4v) is 1.62. The van der Waals surface area contributed by atoms with Crippen molar-refractivity contribution in [3.8, 4) is 0 Å². The van der Waals surface area contributed by atoms with Crippen molar-refractivity contribution >= 4 is 11.5 Å². The molecule has 0 saturated heterocycles. The monoisotopic (exact) mass is 205 g/mol. The van der Waals surface area contributed by atoms with Crippen LogP contribution in [-0.4, -0.2) is 21.3 Å². The lowest BCUT2D eigenvalue weighted by Crippen LogP contribution is -2.20. The van der Waals surface area contributed by atoms with Gasteiger partial charge in [-0.15, -0.1) is 5.10 Å². The lowest BCUT2D eigenvalue weighted by Gasteiger charge is -2.11. The number of hydrogen-bond donors (Lipinski definition) is 1. The quantitative estimate of drug-likeness (QED) is 0.804. The van der Waals surface area contributed by atoms with E-state index in [0.29, 0.717) is 5.84 Å². The van der Waals surface area contributed by atoms with Crippen LogP contribution in [0.5, 0.6) is 0 Å². The first-order chi connectivity index (χ1) is 7.31. The maximum Gasteiger partial charge on any atom is 0.122 e. The zero-order valence-corrected chi connectivity index (χ0v) is 8.85. The highest BCUT2D eigenvalue weighted by atomic mass is 15.3. The number of nitrogens with zero attached hydrogens (tertiary/aromatic N) is 4. The standard InChI is InChI=1S/C10H15N5/c1-2-7-15-9(5-6-12-15)8-3-4-10(11)14-13-8/h5-6H,2-4,7H2,1H3,(H2,11,14). The van der Waals surface area contributed by atoms with Gasteiger partial charge >= 0.3 is 0 Å². The molecule has 5 nitrogen and oxygen atoms in total. The van der Waals surface area contributed by atoms with E-state index < -0.39 is 0 Å². The highest BCUT2D eigenvalue weighted by Crippen LogP contribution is 2.11. The first kappa shape index (κ1) is 9.89. The smallest absolute Gasteiger partial charge is 0.122 e. The molecule has 15 heavy (non-hydrogen) atoms. The van der Waals surface area contributed by atoms with E-state index in [2.05, 4.69) is 22.2 Å². The van der Waals surface area contributed by atoms with Crippen molar-refractivity contribution in [3.05, 3.63) is 18.0 Å². The Kier molecular flexibility index (Phi) is 2.80. The van der Waals surface area contributed by atoms with Crippen LogP contribution in [0.15, 0.2) is 22.5 Å².